The van der Waals surface area contributed by atoms with Crippen LogP contribution in [-0.4, -0.2) is 26.9 Å². The Morgan fingerprint density at radius 1 is 1.00 bits per heavy atom. The number of hydrogen-bond donors (Lipinski definition) is 2. The zero-order chi connectivity index (χ0) is 19.3. The van der Waals surface area contributed by atoms with Crippen molar-refractivity contribution in [3.05, 3.63) is 77.3 Å². The smallest absolute Gasteiger partial charge is 0.228 e. The molecular weight excluding hydrogens is 350 g/mol. The second-order valence-corrected chi connectivity index (χ2v) is 6.87. The molecule has 142 valence electrons. The summed E-state index contributed by atoms with van der Waals surface area (Å²) in [5.74, 6) is 1.26. The molecule has 28 heavy (non-hydrogen) atoms. The molecule has 0 aliphatic heterocycles. The number of hydrogen-bond acceptors (Lipinski definition) is 5. The molecule has 2 aromatic heterocycles. The van der Waals surface area contributed by atoms with Crippen molar-refractivity contribution in [1.82, 2.24) is 25.7 Å². The van der Waals surface area contributed by atoms with Gasteiger partial charge in [-0.15, -0.1) is 0 Å². The molecule has 0 amide bonds. The second kappa shape index (κ2) is 8.19. The van der Waals surface area contributed by atoms with E-state index >= 15 is 0 Å². The fraction of sp³-hybridized carbons (Fsp3) is 0.227. The molecule has 0 spiro atoms. The van der Waals surface area contributed by atoms with Gasteiger partial charge in [0, 0.05) is 36.2 Å². The van der Waals surface area contributed by atoms with Crippen molar-refractivity contribution in [2.45, 2.75) is 26.8 Å². The highest BCUT2D eigenvalue weighted by Crippen LogP contribution is 2.23. The van der Waals surface area contributed by atoms with Crippen molar-refractivity contribution in [2.24, 2.45) is 0 Å². The van der Waals surface area contributed by atoms with Crippen LogP contribution in [0.4, 0.5) is 0 Å². The van der Waals surface area contributed by atoms with Crippen LogP contribution in [0.25, 0.3) is 22.6 Å². The van der Waals surface area contributed by atoms with E-state index in [1.807, 2.05) is 36.5 Å². The molecule has 0 bridgehead atoms. The van der Waals surface area contributed by atoms with Crippen molar-refractivity contribution in [2.75, 3.05) is 6.54 Å². The van der Waals surface area contributed by atoms with Gasteiger partial charge in [0.2, 0.25) is 11.7 Å². The van der Waals surface area contributed by atoms with E-state index in [0.29, 0.717) is 18.1 Å². The van der Waals surface area contributed by atoms with Crippen LogP contribution in [-0.2, 0) is 13.0 Å². The number of aromatic nitrogens is 4. The van der Waals surface area contributed by atoms with Crippen LogP contribution in [0, 0.1) is 13.8 Å². The molecule has 0 radical (unpaired) electrons. The fourth-order valence-corrected chi connectivity index (χ4v) is 3.07. The Bertz CT molecular complexity index is 1050. The summed E-state index contributed by atoms with van der Waals surface area (Å²) in [4.78, 5) is 4.46. The van der Waals surface area contributed by atoms with Crippen molar-refractivity contribution in [3.8, 4) is 22.6 Å². The van der Waals surface area contributed by atoms with Gasteiger partial charge < -0.3 is 9.84 Å². The monoisotopic (exact) mass is 373 g/mol. The number of nitrogens with one attached hydrogen (secondary N) is 2. The summed E-state index contributed by atoms with van der Waals surface area (Å²) in [5, 5.41) is 14.8. The van der Waals surface area contributed by atoms with Crippen LogP contribution in [0.2, 0.25) is 0 Å². The van der Waals surface area contributed by atoms with E-state index in [4.69, 9.17) is 4.52 Å². The van der Waals surface area contributed by atoms with Gasteiger partial charge in [0.1, 0.15) is 0 Å². The Morgan fingerprint density at radius 2 is 1.86 bits per heavy atom. The van der Waals surface area contributed by atoms with E-state index in [1.54, 1.807) is 0 Å². The van der Waals surface area contributed by atoms with Gasteiger partial charge in [-0.25, -0.2) is 0 Å². The third kappa shape index (κ3) is 4.02. The molecular formula is C22H23N5O. The first-order chi connectivity index (χ1) is 13.7. The lowest BCUT2D eigenvalue weighted by atomic mass is 10.0. The summed E-state index contributed by atoms with van der Waals surface area (Å²) in [6.45, 7) is 5.71. The van der Waals surface area contributed by atoms with E-state index < -0.39 is 0 Å². The maximum atomic E-state index is 5.35. The minimum Gasteiger partial charge on any atom is -0.339 e. The molecule has 2 N–H and O–H groups in total. The molecule has 4 aromatic rings. The van der Waals surface area contributed by atoms with E-state index in [1.165, 1.54) is 11.1 Å². The summed E-state index contributed by atoms with van der Waals surface area (Å²) in [6.07, 6.45) is 2.55. The Labute approximate surface area is 164 Å². The Kier molecular flexibility index (Phi) is 5.30. The van der Waals surface area contributed by atoms with Crippen molar-refractivity contribution in [1.29, 1.82) is 0 Å². The molecule has 0 fully saturated rings. The molecule has 0 aliphatic rings. The highest BCUT2D eigenvalue weighted by Gasteiger charge is 2.10. The third-order valence-corrected chi connectivity index (χ3v) is 4.84. The number of H-pyrrole nitrogens is 1. The van der Waals surface area contributed by atoms with Gasteiger partial charge in [-0.1, -0.05) is 47.6 Å². The number of rotatable bonds is 7. The van der Waals surface area contributed by atoms with E-state index in [9.17, 15) is 0 Å². The van der Waals surface area contributed by atoms with Gasteiger partial charge in [-0.3, -0.25) is 5.10 Å². The molecule has 0 unspecified atom stereocenters. The predicted molar refractivity (Wildman–Crippen MR) is 109 cm³/mol. The van der Waals surface area contributed by atoms with Gasteiger partial charge in [0.25, 0.3) is 0 Å². The quantitative estimate of drug-likeness (QED) is 0.477. The average molecular weight is 373 g/mol. The van der Waals surface area contributed by atoms with Crippen molar-refractivity contribution in [3.63, 3.8) is 0 Å². The molecule has 2 aromatic carbocycles. The Hall–Kier alpha value is -3.25. The largest absolute Gasteiger partial charge is 0.339 e. The summed E-state index contributed by atoms with van der Waals surface area (Å²) >= 11 is 0. The van der Waals surface area contributed by atoms with Gasteiger partial charge >= 0.3 is 0 Å². The molecule has 0 atom stereocenters. The van der Waals surface area contributed by atoms with Crippen LogP contribution < -0.4 is 5.32 Å². The number of aryl methyl sites for hydroxylation is 2. The first kappa shape index (κ1) is 18.1. The Balaban J connectivity index is 1.34. The van der Waals surface area contributed by atoms with Crippen LogP contribution >= 0.6 is 0 Å². The zero-order valence-corrected chi connectivity index (χ0v) is 16.1. The lowest BCUT2D eigenvalue weighted by Crippen LogP contribution is -2.17. The third-order valence-electron chi connectivity index (χ3n) is 4.84. The lowest BCUT2D eigenvalue weighted by molar-refractivity contribution is 0.376. The van der Waals surface area contributed by atoms with E-state index in [2.05, 4.69) is 57.7 Å². The molecule has 6 nitrogen and oxygen atoms in total. The zero-order valence-electron chi connectivity index (χ0n) is 16.1. The van der Waals surface area contributed by atoms with Gasteiger partial charge in [-0.2, -0.15) is 10.1 Å². The SMILES string of the molecule is Cc1ccc(-c2[nH]ncc2CNCCc2nc(-c3ccccc3)no2)cc1C. The first-order valence-electron chi connectivity index (χ1n) is 9.39. The molecule has 4 rings (SSSR count). The highest BCUT2D eigenvalue weighted by molar-refractivity contribution is 5.64. The predicted octanol–water partition coefficient (Wildman–Crippen LogP) is 4.08. The molecule has 0 saturated carbocycles. The summed E-state index contributed by atoms with van der Waals surface area (Å²) < 4.78 is 5.35. The molecule has 6 heteroatoms. The fourth-order valence-electron chi connectivity index (χ4n) is 3.07. The average Bonchev–Trinajstić information content (AvgIpc) is 3.38. The maximum Gasteiger partial charge on any atom is 0.228 e. The van der Waals surface area contributed by atoms with Gasteiger partial charge in [0.15, 0.2) is 0 Å². The topological polar surface area (TPSA) is 79.6 Å². The van der Waals surface area contributed by atoms with Crippen LogP contribution in [0.5, 0.6) is 0 Å². The number of benzene rings is 2. The van der Waals surface area contributed by atoms with Gasteiger partial charge in [-0.05, 0) is 31.0 Å². The number of aromatic amines is 1. The minimum atomic E-state index is 0.627. The van der Waals surface area contributed by atoms with E-state index in [0.717, 1.165) is 35.5 Å². The standard InChI is InChI=1S/C22H23N5O/c1-15-8-9-18(12-16(15)2)21-19(14-24-26-21)13-23-11-10-20-25-22(27-28-20)17-6-4-3-5-7-17/h3-9,12,14,23H,10-11,13H2,1-2H3,(H,24,26). The van der Waals surface area contributed by atoms with Crippen molar-refractivity contribution >= 4 is 0 Å². The van der Waals surface area contributed by atoms with Crippen molar-refractivity contribution < 1.29 is 4.52 Å². The van der Waals surface area contributed by atoms with Gasteiger partial charge in [0.05, 0.1) is 11.9 Å². The highest BCUT2D eigenvalue weighted by atomic mass is 16.5. The van der Waals surface area contributed by atoms with Crippen LogP contribution in [0.15, 0.2) is 59.3 Å². The molecule has 2 heterocycles. The summed E-state index contributed by atoms with van der Waals surface area (Å²) in [6, 6.07) is 16.3. The second-order valence-electron chi connectivity index (χ2n) is 6.87. The first-order valence-corrected chi connectivity index (χ1v) is 9.39. The lowest BCUT2D eigenvalue weighted by Gasteiger charge is -2.07. The number of nitrogens with zero attached hydrogens (tertiary/aromatic N) is 3. The summed E-state index contributed by atoms with van der Waals surface area (Å²) in [7, 11) is 0. The normalized spacial score (nSPS) is 11.1. The summed E-state index contributed by atoms with van der Waals surface area (Å²) in [5.41, 5.74) is 6.87. The van der Waals surface area contributed by atoms with Crippen LogP contribution in [0.3, 0.4) is 0 Å². The Morgan fingerprint density at radius 3 is 2.68 bits per heavy atom. The van der Waals surface area contributed by atoms with E-state index in [-0.39, 0.29) is 0 Å². The molecule has 0 saturated heterocycles. The minimum absolute atomic E-state index is 0.627. The van der Waals surface area contributed by atoms with Crippen LogP contribution in [0.1, 0.15) is 22.6 Å². The molecule has 0 aliphatic carbocycles. The maximum absolute atomic E-state index is 5.35.